The van der Waals surface area contributed by atoms with Gasteiger partial charge in [-0.2, -0.15) is 0 Å². The molecule has 3 aromatic rings. The van der Waals surface area contributed by atoms with Crippen molar-refractivity contribution in [2.45, 2.75) is 58.2 Å². The number of carbonyl (C=O) groups excluding carboxylic acids is 2. The Kier molecular flexibility index (Phi) is 5.25. The third kappa shape index (κ3) is 3.32. The smallest absolute Gasteiger partial charge is 0.457 e. The van der Waals surface area contributed by atoms with E-state index in [2.05, 4.69) is 9.47 Å². The molecule has 2 N–H and O–H groups in total. The van der Waals surface area contributed by atoms with E-state index >= 15 is 0 Å². The zero-order valence-electron chi connectivity index (χ0n) is 20.6. The van der Waals surface area contributed by atoms with Crippen molar-refractivity contribution in [2.24, 2.45) is 5.73 Å². The number of benzene rings is 1. The number of nitrogens with zero attached hydrogens (tertiary/aromatic N) is 2. The van der Waals surface area contributed by atoms with Crippen LogP contribution >= 0.6 is 0 Å². The van der Waals surface area contributed by atoms with Crippen LogP contribution in [0.3, 0.4) is 0 Å². The van der Waals surface area contributed by atoms with E-state index in [0.29, 0.717) is 28.7 Å². The largest absolute Gasteiger partial charge is 0.586 e. The lowest BCUT2D eigenvalue weighted by atomic mass is 9.85. The Hall–Kier alpha value is -4.06. The second kappa shape index (κ2) is 8.22. The molecule has 0 bridgehead atoms. The Balaban J connectivity index is 1.57. The Morgan fingerprint density at radius 3 is 2.58 bits per heavy atom. The van der Waals surface area contributed by atoms with Crippen molar-refractivity contribution in [3.05, 3.63) is 50.8 Å². The van der Waals surface area contributed by atoms with Crippen LogP contribution in [0.25, 0.3) is 22.3 Å². The molecule has 0 amide bonds. The maximum Gasteiger partial charge on any atom is 0.586 e. The fourth-order valence-electron chi connectivity index (χ4n) is 5.53. The summed E-state index contributed by atoms with van der Waals surface area (Å²) in [4.78, 5) is 43.8. The van der Waals surface area contributed by atoms with Gasteiger partial charge in [-0.1, -0.05) is 13.8 Å². The third-order valence-corrected chi connectivity index (χ3v) is 7.29. The van der Waals surface area contributed by atoms with E-state index in [1.54, 1.807) is 13.0 Å². The molecule has 0 fully saturated rings. The van der Waals surface area contributed by atoms with Crippen LogP contribution in [0.2, 0.25) is 0 Å². The van der Waals surface area contributed by atoms with E-state index in [1.165, 1.54) is 16.7 Å². The first-order valence-corrected chi connectivity index (χ1v) is 12.2. The van der Waals surface area contributed by atoms with E-state index in [9.17, 15) is 23.2 Å². The second-order valence-corrected chi connectivity index (χ2v) is 9.34. The van der Waals surface area contributed by atoms with E-state index in [0.717, 1.165) is 11.1 Å². The summed E-state index contributed by atoms with van der Waals surface area (Å²) >= 11 is 0. The molecule has 1 unspecified atom stereocenters. The molecule has 0 radical (unpaired) electrons. The highest BCUT2D eigenvalue weighted by Gasteiger charge is 2.50. The van der Waals surface area contributed by atoms with Gasteiger partial charge in [0.25, 0.3) is 5.56 Å². The number of carbonyl (C=O) groups is 2. The summed E-state index contributed by atoms with van der Waals surface area (Å²) in [5, 5.41) is 0.606. The van der Waals surface area contributed by atoms with Crippen molar-refractivity contribution in [1.29, 1.82) is 0 Å². The average molecular weight is 527 g/mol. The lowest BCUT2D eigenvalue weighted by Gasteiger charge is -2.35. The highest BCUT2D eigenvalue weighted by Crippen LogP contribution is 2.46. The predicted octanol–water partition coefficient (Wildman–Crippen LogP) is 2.86. The molecule has 0 spiro atoms. The van der Waals surface area contributed by atoms with Crippen molar-refractivity contribution >= 4 is 22.8 Å². The van der Waals surface area contributed by atoms with Gasteiger partial charge in [0.05, 0.1) is 35.4 Å². The number of hydrogen-bond acceptors (Lipinski definition) is 9. The van der Waals surface area contributed by atoms with Gasteiger partial charge in [-0.15, -0.1) is 8.78 Å². The maximum absolute atomic E-state index is 13.7. The third-order valence-electron chi connectivity index (χ3n) is 7.29. The van der Waals surface area contributed by atoms with E-state index in [-0.39, 0.29) is 55.2 Å². The standard InChI is InChI=1S/C26H23F2N3O7/c1-3-12-13-7-19-20(37-26(27,28)36-19)9-17(13)30-22-14(12)10-31-18(22)8-16-15(23(31)33)11-35-24(34)25(16,4-2)38-21(32)5-6-29/h7-9H,3-6,10-11,29H2,1-2H3. The molecule has 0 saturated heterocycles. The first-order valence-electron chi connectivity index (χ1n) is 12.2. The normalized spacial score (nSPS) is 20.1. The number of cyclic esters (lactones) is 1. The minimum absolute atomic E-state index is 0.0297. The molecule has 1 atom stereocenters. The molecule has 0 saturated carbocycles. The van der Waals surface area contributed by atoms with Gasteiger partial charge < -0.3 is 29.2 Å². The van der Waals surface area contributed by atoms with Crippen LogP contribution in [0.4, 0.5) is 8.78 Å². The second-order valence-electron chi connectivity index (χ2n) is 9.34. The number of esters is 2. The van der Waals surface area contributed by atoms with Gasteiger partial charge in [0.2, 0.25) is 5.60 Å². The van der Waals surface area contributed by atoms with Crippen LogP contribution in [-0.4, -0.2) is 34.3 Å². The average Bonchev–Trinajstić information content (AvgIpc) is 3.38. The number of halogens is 2. The molecule has 6 rings (SSSR count). The highest BCUT2D eigenvalue weighted by atomic mass is 19.3. The molecular formula is C26H23F2N3O7. The quantitative estimate of drug-likeness (QED) is 0.389. The molecule has 5 heterocycles. The van der Waals surface area contributed by atoms with Crippen LogP contribution in [0.1, 0.15) is 48.9 Å². The lowest BCUT2D eigenvalue weighted by Crippen LogP contribution is -2.47. The highest BCUT2D eigenvalue weighted by molar-refractivity contribution is 5.91. The van der Waals surface area contributed by atoms with Crippen molar-refractivity contribution in [3.63, 3.8) is 0 Å². The molecule has 10 nitrogen and oxygen atoms in total. The zero-order valence-corrected chi connectivity index (χ0v) is 20.6. The van der Waals surface area contributed by atoms with Crippen LogP contribution in [0.15, 0.2) is 23.0 Å². The molecule has 0 aliphatic carbocycles. The first-order chi connectivity index (χ1) is 18.1. The molecule has 198 valence electrons. The molecule has 12 heteroatoms. The van der Waals surface area contributed by atoms with Crippen LogP contribution < -0.4 is 20.8 Å². The summed E-state index contributed by atoms with van der Waals surface area (Å²) in [5.74, 6) is -1.69. The summed E-state index contributed by atoms with van der Waals surface area (Å²) in [6, 6.07) is 4.49. The summed E-state index contributed by atoms with van der Waals surface area (Å²) < 4.78 is 49.1. The number of pyridine rings is 2. The minimum Gasteiger partial charge on any atom is -0.457 e. The Labute approximate surface area is 214 Å². The number of aromatic nitrogens is 2. The SMILES string of the molecule is CCc1c2c(nc3cc4c(cc13)OC(F)(F)O4)-c1cc3c(c(=O)n1C2)COC(=O)C3(CC)OC(=O)CCN. The number of aryl methyl sites for hydroxylation is 1. The van der Waals surface area contributed by atoms with Gasteiger partial charge in [0.1, 0.15) is 6.61 Å². The van der Waals surface area contributed by atoms with Crippen molar-refractivity contribution in [2.75, 3.05) is 6.54 Å². The minimum atomic E-state index is -3.77. The van der Waals surface area contributed by atoms with E-state index < -0.39 is 29.4 Å². The fourth-order valence-corrected chi connectivity index (χ4v) is 5.53. The van der Waals surface area contributed by atoms with Crippen LogP contribution in [0, 0.1) is 0 Å². The monoisotopic (exact) mass is 527 g/mol. The summed E-state index contributed by atoms with van der Waals surface area (Å²) in [6.45, 7) is 3.53. The summed E-state index contributed by atoms with van der Waals surface area (Å²) in [7, 11) is 0. The number of fused-ring (bicyclic) bond motifs is 6. The predicted molar refractivity (Wildman–Crippen MR) is 128 cm³/mol. The van der Waals surface area contributed by atoms with Gasteiger partial charge >= 0.3 is 18.2 Å². The van der Waals surface area contributed by atoms with Crippen molar-refractivity contribution < 1.29 is 37.3 Å². The van der Waals surface area contributed by atoms with Gasteiger partial charge in [-0.25, -0.2) is 9.78 Å². The number of rotatable bonds is 5. The first kappa shape index (κ1) is 24.3. The topological polar surface area (TPSA) is 132 Å². The Morgan fingerprint density at radius 2 is 1.89 bits per heavy atom. The number of alkyl halides is 2. The fraction of sp³-hybridized carbons (Fsp3) is 0.385. The molecular weight excluding hydrogens is 504 g/mol. The Morgan fingerprint density at radius 1 is 1.16 bits per heavy atom. The van der Waals surface area contributed by atoms with Gasteiger partial charge in [0, 0.05) is 29.1 Å². The zero-order chi connectivity index (χ0) is 27.0. The van der Waals surface area contributed by atoms with Crippen molar-refractivity contribution in [3.8, 4) is 22.9 Å². The molecule has 3 aliphatic rings. The van der Waals surface area contributed by atoms with E-state index in [4.69, 9.17) is 20.2 Å². The van der Waals surface area contributed by atoms with E-state index in [1.807, 2.05) is 6.92 Å². The summed E-state index contributed by atoms with van der Waals surface area (Å²) in [6.07, 6.45) is -3.32. The van der Waals surface area contributed by atoms with Crippen molar-refractivity contribution in [1.82, 2.24) is 9.55 Å². The maximum atomic E-state index is 13.7. The number of ether oxygens (including phenoxy) is 4. The van der Waals surface area contributed by atoms with Gasteiger partial charge in [0.15, 0.2) is 11.5 Å². The lowest BCUT2D eigenvalue weighted by molar-refractivity contribution is -0.286. The molecule has 2 aromatic heterocycles. The molecule has 38 heavy (non-hydrogen) atoms. The summed E-state index contributed by atoms with van der Waals surface area (Å²) in [5.41, 5.74) is 6.59. The van der Waals surface area contributed by atoms with Gasteiger partial charge in [-0.05, 0) is 30.5 Å². The number of hydrogen-bond donors (Lipinski definition) is 1. The van der Waals surface area contributed by atoms with Crippen LogP contribution in [0.5, 0.6) is 11.5 Å². The Bertz CT molecular complexity index is 1620. The molecule has 3 aliphatic heterocycles. The van der Waals surface area contributed by atoms with Crippen LogP contribution in [-0.2, 0) is 44.2 Å². The van der Waals surface area contributed by atoms with Gasteiger partial charge in [-0.3, -0.25) is 9.59 Å². The molecule has 1 aromatic carbocycles. The number of nitrogens with two attached hydrogens (primary N) is 1.